The van der Waals surface area contributed by atoms with Gasteiger partial charge in [-0.1, -0.05) is 12.1 Å². The maximum absolute atomic E-state index is 13.2. The van der Waals surface area contributed by atoms with Crippen molar-refractivity contribution in [2.75, 3.05) is 5.32 Å². The molecule has 1 aromatic carbocycles. The number of nitrogens with one attached hydrogen (secondary N) is 2. The highest BCUT2D eigenvalue weighted by molar-refractivity contribution is 5.44. The fourth-order valence-electron chi connectivity index (χ4n) is 1.36. The Kier molecular flexibility index (Phi) is 2.67. The first-order chi connectivity index (χ1) is 7.25. The first-order valence-electron chi connectivity index (χ1n) is 4.74. The Balaban J connectivity index is 2.02. The largest absolute Gasteiger partial charge is 0.377 e. The van der Waals surface area contributed by atoms with Crippen LogP contribution in [0.2, 0.25) is 0 Å². The van der Waals surface area contributed by atoms with Gasteiger partial charge in [-0.05, 0) is 19.1 Å². The van der Waals surface area contributed by atoms with Crippen molar-refractivity contribution in [3.05, 3.63) is 47.8 Å². The van der Waals surface area contributed by atoms with Crippen molar-refractivity contribution in [3.63, 3.8) is 0 Å². The summed E-state index contributed by atoms with van der Waals surface area (Å²) in [7, 11) is 0. The van der Waals surface area contributed by atoms with E-state index < -0.39 is 0 Å². The van der Waals surface area contributed by atoms with E-state index in [4.69, 9.17) is 0 Å². The van der Waals surface area contributed by atoms with Crippen molar-refractivity contribution in [2.45, 2.75) is 13.5 Å². The molecule has 0 saturated heterocycles. The standard InChI is InChI=1S/C11H12FN3/c1-8-13-6-9(15-8)7-14-11-5-3-2-4-10(11)12/h2-6,14H,7H2,1H3,(H,13,15). The van der Waals surface area contributed by atoms with Crippen LogP contribution in [-0.2, 0) is 6.54 Å². The second-order valence-electron chi connectivity index (χ2n) is 3.33. The predicted octanol–water partition coefficient (Wildman–Crippen LogP) is 2.47. The van der Waals surface area contributed by atoms with Gasteiger partial charge >= 0.3 is 0 Å². The van der Waals surface area contributed by atoms with Crippen molar-refractivity contribution in [3.8, 4) is 0 Å². The molecule has 0 saturated carbocycles. The zero-order chi connectivity index (χ0) is 10.7. The third kappa shape index (κ3) is 2.34. The lowest BCUT2D eigenvalue weighted by Crippen LogP contribution is -2.01. The number of aryl methyl sites for hydroxylation is 1. The Labute approximate surface area is 87.4 Å². The van der Waals surface area contributed by atoms with Gasteiger partial charge in [0.2, 0.25) is 0 Å². The SMILES string of the molecule is Cc1ncc(CNc2ccccc2F)[nH]1. The Bertz CT molecular complexity index is 451. The van der Waals surface area contributed by atoms with Gasteiger partial charge in [0, 0.05) is 0 Å². The summed E-state index contributed by atoms with van der Waals surface area (Å²) in [4.78, 5) is 7.13. The Morgan fingerprint density at radius 2 is 2.20 bits per heavy atom. The summed E-state index contributed by atoms with van der Waals surface area (Å²) in [6.45, 7) is 2.42. The van der Waals surface area contributed by atoms with E-state index in [1.54, 1.807) is 24.4 Å². The van der Waals surface area contributed by atoms with Crippen LogP contribution in [0.4, 0.5) is 10.1 Å². The number of para-hydroxylation sites is 1. The summed E-state index contributed by atoms with van der Waals surface area (Å²) in [5.74, 6) is 0.620. The fraction of sp³-hybridized carbons (Fsp3) is 0.182. The van der Waals surface area contributed by atoms with E-state index in [2.05, 4.69) is 15.3 Å². The number of hydrogen-bond acceptors (Lipinski definition) is 2. The zero-order valence-corrected chi connectivity index (χ0v) is 8.42. The molecule has 4 heteroatoms. The highest BCUT2D eigenvalue weighted by atomic mass is 19.1. The first-order valence-corrected chi connectivity index (χ1v) is 4.74. The third-order valence-electron chi connectivity index (χ3n) is 2.10. The molecule has 0 aliphatic rings. The predicted molar refractivity (Wildman–Crippen MR) is 57.1 cm³/mol. The van der Waals surface area contributed by atoms with E-state index in [0.29, 0.717) is 12.2 Å². The number of halogens is 1. The average Bonchev–Trinajstić information content (AvgIpc) is 2.63. The molecule has 0 amide bonds. The number of benzene rings is 1. The van der Waals surface area contributed by atoms with Gasteiger partial charge in [0.25, 0.3) is 0 Å². The molecule has 0 aliphatic carbocycles. The van der Waals surface area contributed by atoms with Crippen LogP contribution in [0.15, 0.2) is 30.5 Å². The fourth-order valence-corrected chi connectivity index (χ4v) is 1.36. The molecule has 0 aliphatic heterocycles. The highest BCUT2D eigenvalue weighted by Crippen LogP contribution is 2.13. The quantitative estimate of drug-likeness (QED) is 0.808. The van der Waals surface area contributed by atoms with Crippen LogP contribution in [0.1, 0.15) is 11.5 Å². The topological polar surface area (TPSA) is 40.7 Å². The summed E-state index contributed by atoms with van der Waals surface area (Å²) in [5, 5.41) is 3.00. The molecular weight excluding hydrogens is 193 g/mol. The van der Waals surface area contributed by atoms with Gasteiger partial charge in [0.05, 0.1) is 24.1 Å². The van der Waals surface area contributed by atoms with Gasteiger partial charge in [-0.25, -0.2) is 9.37 Å². The number of aromatic nitrogens is 2. The molecule has 0 spiro atoms. The molecule has 78 valence electrons. The summed E-state index contributed by atoms with van der Waals surface area (Å²) in [6.07, 6.45) is 1.74. The summed E-state index contributed by atoms with van der Waals surface area (Å²) in [5.41, 5.74) is 1.44. The van der Waals surface area contributed by atoms with Gasteiger partial charge in [-0.15, -0.1) is 0 Å². The van der Waals surface area contributed by atoms with Crippen LogP contribution in [0.5, 0.6) is 0 Å². The Morgan fingerprint density at radius 3 is 2.87 bits per heavy atom. The lowest BCUT2D eigenvalue weighted by atomic mass is 10.3. The number of hydrogen-bond donors (Lipinski definition) is 2. The molecule has 3 nitrogen and oxygen atoms in total. The van der Waals surface area contributed by atoms with Gasteiger partial charge in [-0.2, -0.15) is 0 Å². The van der Waals surface area contributed by atoms with E-state index in [0.717, 1.165) is 11.5 Å². The molecular formula is C11H12FN3. The lowest BCUT2D eigenvalue weighted by Gasteiger charge is -2.05. The minimum Gasteiger partial charge on any atom is -0.377 e. The molecule has 1 aromatic heterocycles. The Hall–Kier alpha value is -1.84. The smallest absolute Gasteiger partial charge is 0.146 e. The number of rotatable bonds is 3. The summed E-state index contributed by atoms with van der Waals surface area (Å²) >= 11 is 0. The van der Waals surface area contributed by atoms with E-state index in [9.17, 15) is 4.39 Å². The third-order valence-corrected chi connectivity index (χ3v) is 2.10. The van der Waals surface area contributed by atoms with E-state index in [-0.39, 0.29) is 5.82 Å². The number of aromatic amines is 1. The molecule has 2 aromatic rings. The van der Waals surface area contributed by atoms with Crippen LogP contribution >= 0.6 is 0 Å². The Morgan fingerprint density at radius 1 is 1.40 bits per heavy atom. The van der Waals surface area contributed by atoms with Crippen molar-refractivity contribution in [1.82, 2.24) is 9.97 Å². The number of imidazole rings is 1. The highest BCUT2D eigenvalue weighted by Gasteiger charge is 2.00. The number of nitrogens with zero attached hydrogens (tertiary/aromatic N) is 1. The van der Waals surface area contributed by atoms with Crippen LogP contribution in [0, 0.1) is 12.7 Å². The monoisotopic (exact) mass is 205 g/mol. The molecule has 2 rings (SSSR count). The summed E-state index contributed by atoms with van der Waals surface area (Å²) in [6, 6.07) is 6.60. The van der Waals surface area contributed by atoms with Crippen molar-refractivity contribution < 1.29 is 4.39 Å². The van der Waals surface area contributed by atoms with Crippen molar-refractivity contribution >= 4 is 5.69 Å². The summed E-state index contributed by atoms with van der Waals surface area (Å²) < 4.78 is 13.2. The maximum atomic E-state index is 13.2. The van der Waals surface area contributed by atoms with Crippen LogP contribution in [0.25, 0.3) is 0 Å². The van der Waals surface area contributed by atoms with E-state index in [1.807, 2.05) is 6.92 Å². The van der Waals surface area contributed by atoms with Crippen LogP contribution in [0.3, 0.4) is 0 Å². The molecule has 1 heterocycles. The lowest BCUT2D eigenvalue weighted by molar-refractivity contribution is 0.630. The second kappa shape index (κ2) is 4.13. The molecule has 2 N–H and O–H groups in total. The van der Waals surface area contributed by atoms with Crippen molar-refractivity contribution in [2.24, 2.45) is 0 Å². The van der Waals surface area contributed by atoms with Gasteiger partial charge < -0.3 is 10.3 Å². The second-order valence-corrected chi connectivity index (χ2v) is 3.33. The van der Waals surface area contributed by atoms with Crippen LogP contribution < -0.4 is 5.32 Å². The number of anilines is 1. The molecule has 0 fully saturated rings. The van der Waals surface area contributed by atoms with Gasteiger partial charge in [-0.3, -0.25) is 0 Å². The molecule has 0 bridgehead atoms. The maximum Gasteiger partial charge on any atom is 0.146 e. The molecule has 0 unspecified atom stereocenters. The van der Waals surface area contributed by atoms with Crippen molar-refractivity contribution in [1.29, 1.82) is 0 Å². The van der Waals surface area contributed by atoms with Gasteiger partial charge in [0.1, 0.15) is 11.6 Å². The normalized spacial score (nSPS) is 10.3. The van der Waals surface area contributed by atoms with E-state index in [1.165, 1.54) is 6.07 Å². The van der Waals surface area contributed by atoms with E-state index >= 15 is 0 Å². The first kappa shape index (κ1) is 9.71. The molecule has 15 heavy (non-hydrogen) atoms. The molecule has 0 radical (unpaired) electrons. The average molecular weight is 205 g/mol. The minimum absolute atomic E-state index is 0.242. The zero-order valence-electron chi connectivity index (χ0n) is 8.42. The van der Waals surface area contributed by atoms with Gasteiger partial charge in [0.15, 0.2) is 0 Å². The molecule has 0 atom stereocenters. The van der Waals surface area contributed by atoms with Crippen LogP contribution in [-0.4, -0.2) is 9.97 Å². The number of H-pyrrole nitrogens is 1. The minimum atomic E-state index is -0.242.